The summed E-state index contributed by atoms with van der Waals surface area (Å²) in [6, 6.07) is 4.53. The Morgan fingerprint density at radius 3 is 2.44 bits per heavy atom. The van der Waals surface area contributed by atoms with Crippen molar-refractivity contribution in [1.82, 2.24) is 9.78 Å². The second-order valence-electron chi connectivity index (χ2n) is 7.94. The van der Waals surface area contributed by atoms with Crippen LogP contribution in [0.15, 0.2) is 30.0 Å². The number of hydrogen-bond acceptors (Lipinski definition) is 6. The number of rotatable bonds is 3. The number of ether oxygens (including phenoxy) is 2. The van der Waals surface area contributed by atoms with Crippen LogP contribution in [0.25, 0.3) is 5.69 Å². The summed E-state index contributed by atoms with van der Waals surface area (Å²) in [6.45, 7) is 2.87. The minimum Gasteiger partial charge on any atom is -0.419 e. The van der Waals surface area contributed by atoms with Crippen LogP contribution in [0.3, 0.4) is 0 Å². The molecule has 1 aromatic carbocycles. The van der Waals surface area contributed by atoms with E-state index in [1.54, 1.807) is 6.07 Å². The number of halogens is 4. The van der Waals surface area contributed by atoms with Gasteiger partial charge in [0, 0.05) is 37.0 Å². The molecule has 0 amide bonds. The van der Waals surface area contributed by atoms with E-state index in [0.717, 1.165) is 12.6 Å². The number of hydrogen-bond donors (Lipinski definition) is 1. The van der Waals surface area contributed by atoms with Gasteiger partial charge in [0.1, 0.15) is 0 Å². The second-order valence-corrected chi connectivity index (χ2v) is 8.35. The van der Waals surface area contributed by atoms with Gasteiger partial charge in [-0.2, -0.15) is 18.3 Å². The molecule has 1 saturated heterocycles. The topological polar surface area (TPSA) is 82.5 Å². The molecule has 2 aliphatic rings. The SMILES string of the molecule is CC1(C)OC(=O)C(=CNc2ccc(-n3nc(C(F)(F)F)c4c3CCCC4)c(Cl)c2)C(=O)O1. The van der Waals surface area contributed by atoms with Crippen LogP contribution in [0.1, 0.15) is 43.6 Å². The normalized spacial score (nSPS) is 18.0. The van der Waals surface area contributed by atoms with Crippen LogP contribution in [0.2, 0.25) is 5.02 Å². The third-order valence-corrected chi connectivity index (χ3v) is 5.43. The number of nitrogens with one attached hydrogen (secondary N) is 1. The summed E-state index contributed by atoms with van der Waals surface area (Å²) in [5, 5.41) is 6.73. The van der Waals surface area contributed by atoms with Crippen LogP contribution in [-0.4, -0.2) is 27.5 Å². The molecule has 11 heteroatoms. The molecule has 2 heterocycles. The number of aromatic nitrogens is 2. The molecule has 1 fully saturated rings. The van der Waals surface area contributed by atoms with Crippen molar-refractivity contribution in [2.75, 3.05) is 5.32 Å². The van der Waals surface area contributed by atoms with Crippen molar-refractivity contribution in [3.63, 3.8) is 0 Å². The summed E-state index contributed by atoms with van der Waals surface area (Å²) in [7, 11) is 0. The first-order chi connectivity index (χ1) is 15.0. The van der Waals surface area contributed by atoms with E-state index in [-0.39, 0.29) is 16.2 Å². The lowest BCUT2D eigenvalue weighted by molar-refractivity contribution is -0.222. The molecule has 1 aliphatic carbocycles. The molecule has 0 saturated carbocycles. The lowest BCUT2D eigenvalue weighted by atomic mass is 9.95. The Morgan fingerprint density at radius 1 is 1.16 bits per heavy atom. The summed E-state index contributed by atoms with van der Waals surface area (Å²) < 4.78 is 51.6. The Bertz CT molecular complexity index is 1120. The number of benzene rings is 1. The second kappa shape index (κ2) is 7.84. The number of carbonyl (C=O) groups is 2. The highest BCUT2D eigenvalue weighted by Gasteiger charge is 2.40. The molecule has 2 aromatic rings. The number of cyclic esters (lactones) is 2. The molecule has 32 heavy (non-hydrogen) atoms. The molecule has 0 atom stereocenters. The van der Waals surface area contributed by atoms with Crippen molar-refractivity contribution in [2.45, 2.75) is 51.5 Å². The van der Waals surface area contributed by atoms with E-state index in [1.807, 2.05) is 0 Å². The van der Waals surface area contributed by atoms with Gasteiger partial charge in [-0.1, -0.05) is 11.6 Å². The predicted molar refractivity (Wildman–Crippen MR) is 108 cm³/mol. The van der Waals surface area contributed by atoms with E-state index < -0.39 is 29.6 Å². The maximum atomic E-state index is 13.5. The van der Waals surface area contributed by atoms with Crippen LogP contribution < -0.4 is 5.32 Å². The zero-order valence-electron chi connectivity index (χ0n) is 17.2. The van der Waals surface area contributed by atoms with Gasteiger partial charge in [-0.3, -0.25) is 0 Å². The zero-order chi connectivity index (χ0) is 23.3. The highest BCUT2D eigenvalue weighted by molar-refractivity contribution is 6.32. The van der Waals surface area contributed by atoms with Gasteiger partial charge in [-0.25, -0.2) is 14.3 Å². The first-order valence-corrected chi connectivity index (χ1v) is 10.3. The first-order valence-electron chi connectivity index (χ1n) is 9.87. The molecule has 1 N–H and O–H groups in total. The van der Waals surface area contributed by atoms with Crippen molar-refractivity contribution in [3.8, 4) is 5.69 Å². The molecular formula is C21H19ClF3N3O4. The minimum absolute atomic E-state index is 0.146. The fraction of sp³-hybridized carbons (Fsp3) is 0.381. The maximum Gasteiger partial charge on any atom is 0.435 e. The first kappa shape index (κ1) is 22.2. The van der Waals surface area contributed by atoms with E-state index in [0.29, 0.717) is 36.3 Å². The number of nitrogens with zero attached hydrogens (tertiary/aromatic N) is 2. The maximum absolute atomic E-state index is 13.5. The molecule has 0 spiro atoms. The van der Waals surface area contributed by atoms with Crippen LogP contribution in [-0.2, 0) is 38.1 Å². The Balaban J connectivity index is 1.62. The predicted octanol–water partition coefficient (Wildman–Crippen LogP) is 4.56. The van der Waals surface area contributed by atoms with Gasteiger partial charge < -0.3 is 14.8 Å². The van der Waals surface area contributed by atoms with Gasteiger partial charge >= 0.3 is 18.1 Å². The number of fused-ring (bicyclic) bond motifs is 1. The highest BCUT2D eigenvalue weighted by atomic mass is 35.5. The van der Waals surface area contributed by atoms with Crippen LogP contribution in [0.4, 0.5) is 18.9 Å². The average molecular weight is 470 g/mol. The van der Waals surface area contributed by atoms with Crippen LogP contribution in [0, 0.1) is 0 Å². The summed E-state index contributed by atoms with van der Waals surface area (Å²) in [5.41, 5.74) is 0.200. The molecule has 7 nitrogen and oxygen atoms in total. The lowest BCUT2D eigenvalue weighted by Gasteiger charge is -2.29. The largest absolute Gasteiger partial charge is 0.435 e. The summed E-state index contributed by atoms with van der Waals surface area (Å²) in [5.74, 6) is -3.04. The molecule has 0 unspecified atom stereocenters. The van der Waals surface area contributed by atoms with E-state index in [2.05, 4.69) is 10.4 Å². The Kier molecular flexibility index (Phi) is 5.44. The molecule has 0 radical (unpaired) electrons. The molecule has 4 rings (SSSR count). The third kappa shape index (κ3) is 4.19. The molecule has 170 valence electrons. The third-order valence-electron chi connectivity index (χ3n) is 5.12. The van der Waals surface area contributed by atoms with Crippen molar-refractivity contribution < 1.29 is 32.2 Å². The van der Waals surface area contributed by atoms with Gasteiger partial charge in [0.2, 0.25) is 0 Å². The van der Waals surface area contributed by atoms with E-state index in [1.165, 1.54) is 30.7 Å². The summed E-state index contributed by atoms with van der Waals surface area (Å²) in [6.07, 6.45) is -1.19. The van der Waals surface area contributed by atoms with Gasteiger partial charge in [0.25, 0.3) is 5.79 Å². The van der Waals surface area contributed by atoms with Gasteiger partial charge in [-0.05, 0) is 43.9 Å². The average Bonchev–Trinajstić information content (AvgIpc) is 3.06. The minimum atomic E-state index is -4.55. The zero-order valence-corrected chi connectivity index (χ0v) is 17.9. The molecule has 1 aromatic heterocycles. The van der Waals surface area contributed by atoms with Crippen molar-refractivity contribution in [3.05, 3.63) is 51.9 Å². The Morgan fingerprint density at radius 2 is 1.81 bits per heavy atom. The molecule has 1 aliphatic heterocycles. The van der Waals surface area contributed by atoms with Crippen LogP contribution in [0.5, 0.6) is 0 Å². The van der Waals surface area contributed by atoms with Gasteiger partial charge in [-0.15, -0.1) is 0 Å². The lowest BCUT2D eigenvalue weighted by Crippen LogP contribution is -2.42. The standard InChI is InChI=1S/C21H19ClF3N3O4/c1-20(2)31-18(29)13(19(30)32-20)10-26-11-7-8-16(14(22)9-11)28-15-6-4-3-5-12(15)17(27-28)21(23,24)25/h7-10,26H,3-6H2,1-2H3. The van der Waals surface area contributed by atoms with Crippen molar-refractivity contribution in [2.24, 2.45) is 0 Å². The van der Waals surface area contributed by atoms with Crippen molar-refractivity contribution in [1.29, 1.82) is 0 Å². The Labute approximate surface area is 186 Å². The quantitative estimate of drug-likeness (QED) is 0.403. The van der Waals surface area contributed by atoms with Gasteiger partial charge in [0.15, 0.2) is 11.3 Å². The Hall–Kier alpha value is -3.01. The summed E-state index contributed by atoms with van der Waals surface area (Å²) >= 11 is 6.36. The molecule has 0 bridgehead atoms. The fourth-order valence-electron chi connectivity index (χ4n) is 3.73. The van der Waals surface area contributed by atoms with Gasteiger partial charge in [0.05, 0.1) is 10.7 Å². The molecular weight excluding hydrogens is 451 g/mol. The van der Waals surface area contributed by atoms with Crippen molar-refractivity contribution >= 4 is 29.2 Å². The monoisotopic (exact) mass is 469 g/mol. The van der Waals surface area contributed by atoms with E-state index in [4.69, 9.17) is 21.1 Å². The highest BCUT2D eigenvalue weighted by Crippen LogP contribution is 2.38. The van der Waals surface area contributed by atoms with Crippen LogP contribution >= 0.6 is 11.6 Å². The number of anilines is 1. The number of esters is 2. The van der Waals surface area contributed by atoms with E-state index >= 15 is 0 Å². The smallest absolute Gasteiger partial charge is 0.419 e. The number of alkyl halides is 3. The van der Waals surface area contributed by atoms with E-state index in [9.17, 15) is 22.8 Å². The fourth-order valence-corrected chi connectivity index (χ4v) is 3.99. The number of carbonyl (C=O) groups excluding carboxylic acids is 2. The summed E-state index contributed by atoms with van der Waals surface area (Å²) in [4.78, 5) is 24.0.